The van der Waals surface area contributed by atoms with E-state index < -0.39 is 0 Å². The Morgan fingerprint density at radius 1 is 1.50 bits per heavy atom. The van der Waals surface area contributed by atoms with E-state index in [1.807, 2.05) is 11.3 Å². The molecule has 1 aromatic heterocycles. The maximum Gasteiger partial charge on any atom is 0.107 e. The van der Waals surface area contributed by atoms with Gasteiger partial charge in [0.1, 0.15) is 5.01 Å². The zero-order valence-electron chi connectivity index (χ0n) is 13.8. The molecule has 0 radical (unpaired) electrons. The number of nitrogens with zero attached hydrogens (tertiary/aromatic N) is 2. The van der Waals surface area contributed by atoms with E-state index in [0.717, 1.165) is 19.6 Å². The van der Waals surface area contributed by atoms with Crippen molar-refractivity contribution in [2.45, 2.75) is 71.5 Å². The minimum Gasteiger partial charge on any atom is -0.311 e. The van der Waals surface area contributed by atoms with Crippen molar-refractivity contribution in [1.82, 2.24) is 15.2 Å². The summed E-state index contributed by atoms with van der Waals surface area (Å²) in [4.78, 5) is 7.47. The van der Waals surface area contributed by atoms with Gasteiger partial charge in [0.05, 0.1) is 12.2 Å². The van der Waals surface area contributed by atoms with Crippen LogP contribution in [0.15, 0.2) is 5.38 Å². The van der Waals surface area contributed by atoms with Gasteiger partial charge in [-0.1, -0.05) is 27.7 Å². The molecule has 114 valence electrons. The van der Waals surface area contributed by atoms with E-state index in [1.54, 1.807) is 0 Å². The number of thiazole rings is 1. The molecule has 0 spiro atoms. The van der Waals surface area contributed by atoms with Crippen LogP contribution in [0.1, 0.15) is 58.7 Å². The molecular weight excluding hydrogens is 266 g/mol. The summed E-state index contributed by atoms with van der Waals surface area (Å²) in [6, 6.07) is 0.566. The Morgan fingerprint density at radius 3 is 2.75 bits per heavy atom. The van der Waals surface area contributed by atoms with Crippen molar-refractivity contribution in [2.24, 2.45) is 0 Å². The van der Waals surface area contributed by atoms with Crippen LogP contribution in [0.2, 0.25) is 0 Å². The van der Waals surface area contributed by atoms with Crippen molar-refractivity contribution in [1.29, 1.82) is 0 Å². The Balaban J connectivity index is 2.12. The van der Waals surface area contributed by atoms with Crippen LogP contribution in [-0.4, -0.2) is 34.6 Å². The highest BCUT2D eigenvalue weighted by molar-refractivity contribution is 7.09. The van der Waals surface area contributed by atoms with Gasteiger partial charge in [-0.3, -0.25) is 4.90 Å². The molecule has 0 aliphatic carbocycles. The lowest BCUT2D eigenvalue weighted by molar-refractivity contribution is 0.0452. The molecule has 0 aromatic carbocycles. The Morgan fingerprint density at radius 2 is 2.20 bits per heavy atom. The number of hydrogen-bond donors (Lipinski definition) is 1. The number of hydrogen-bond acceptors (Lipinski definition) is 4. The average molecular weight is 295 g/mol. The van der Waals surface area contributed by atoms with Crippen molar-refractivity contribution in [2.75, 3.05) is 13.1 Å². The van der Waals surface area contributed by atoms with Crippen LogP contribution in [-0.2, 0) is 12.0 Å². The quantitative estimate of drug-likeness (QED) is 0.926. The molecule has 1 saturated heterocycles. The Bertz CT molecular complexity index is 449. The lowest BCUT2D eigenvalue weighted by Crippen LogP contribution is -2.61. The third kappa shape index (κ3) is 3.41. The van der Waals surface area contributed by atoms with Crippen LogP contribution >= 0.6 is 11.3 Å². The molecule has 0 bridgehead atoms. The van der Waals surface area contributed by atoms with Crippen molar-refractivity contribution in [3.05, 3.63) is 16.1 Å². The lowest BCUT2D eigenvalue weighted by atomic mass is 9.92. The predicted molar refractivity (Wildman–Crippen MR) is 87.4 cm³/mol. The molecule has 1 aliphatic heterocycles. The highest BCUT2D eigenvalue weighted by Crippen LogP contribution is 2.28. The summed E-state index contributed by atoms with van der Waals surface area (Å²) in [5.41, 5.74) is 1.62. The van der Waals surface area contributed by atoms with Gasteiger partial charge in [-0.15, -0.1) is 11.3 Å². The van der Waals surface area contributed by atoms with Gasteiger partial charge in [-0.05, 0) is 20.3 Å². The topological polar surface area (TPSA) is 28.2 Å². The summed E-state index contributed by atoms with van der Waals surface area (Å²) in [6.07, 6.45) is 1.17. The molecule has 2 heterocycles. The minimum absolute atomic E-state index is 0.152. The summed E-state index contributed by atoms with van der Waals surface area (Å²) in [5, 5.41) is 7.09. The smallest absolute Gasteiger partial charge is 0.107 e. The second-order valence-corrected chi connectivity index (χ2v) is 8.33. The molecule has 0 amide bonds. The van der Waals surface area contributed by atoms with Gasteiger partial charge in [-0.2, -0.15) is 0 Å². The van der Waals surface area contributed by atoms with Gasteiger partial charge in [0, 0.05) is 35.5 Å². The maximum absolute atomic E-state index is 4.86. The minimum atomic E-state index is 0.152. The Kier molecular flexibility index (Phi) is 4.57. The third-order valence-electron chi connectivity index (χ3n) is 4.50. The molecule has 2 unspecified atom stereocenters. The summed E-state index contributed by atoms with van der Waals surface area (Å²) < 4.78 is 0. The zero-order chi connectivity index (χ0) is 15.0. The summed E-state index contributed by atoms with van der Waals surface area (Å²) in [5.74, 6) is 0. The van der Waals surface area contributed by atoms with E-state index in [1.165, 1.54) is 17.1 Å². The molecule has 2 rings (SSSR count). The van der Waals surface area contributed by atoms with Gasteiger partial charge < -0.3 is 5.32 Å². The fourth-order valence-electron chi connectivity index (χ4n) is 2.62. The highest BCUT2D eigenvalue weighted by Gasteiger charge is 2.35. The highest BCUT2D eigenvalue weighted by atomic mass is 32.1. The number of piperazine rings is 1. The molecule has 2 atom stereocenters. The zero-order valence-corrected chi connectivity index (χ0v) is 14.6. The molecule has 3 nitrogen and oxygen atoms in total. The fraction of sp³-hybridized carbons (Fsp3) is 0.812. The van der Waals surface area contributed by atoms with E-state index >= 15 is 0 Å². The van der Waals surface area contributed by atoms with Crippen molar-refractivity contribution in [3.8, 4) is 0 Å². The molecule has 1 aromatic rings. The second-order valence-electron chi connectivity index (χ2n) is 7.39. The third-order valence-corrected chi connectivity index (χ3v) is 5.33. The molecule has 1 N–H and O–H groups in total. The fourth-order valence-corrected chi connectivity index (χ4v) is 3.65. The second kappa shape index (κ2) is 5.74. The van der Waals surface area contributed by atoms with Crippen LogP contribution < -0.4 is 5.32 Å². The van der Waals surface area contributed by atoms with Crippen molar-refractivity contribution >= 4 is 11.3 Å². The summed E-state index contributed by atoms with van der Waals surface area (Å²) in [7, 11) is 0. The Labute approximate surface area is 127 Å². The first-order valence-corrected chi connectivity index (χ1v) is 8.56. The van der Waals surface area contributed by atoms with Crippen LogP contribution in [0, 0.1) is 0 Å². The predicted octanol–water partition coefficient (Wildman–Crippen LogP) is 3.40. The van der Waals surface area contributed by atoms with Crippen LogP contribution in [0.4, 0.5) is 0 Å². The van der Waals surface area contributed by atoms with E-state index in [0.29, 0.717) is 6.04 Å². The average Bonchev–Trinajstić information content (AvgIpc) is 2.82. The van der Waals surface area contributed by atoms with Gasteiger partial charge in [0.25, 0.3) is 0 Å². The van der Waals surface area contributed by atoms with E-state index in [2.05, 4.69) is 57.1 Å². The van der Waals surface area contributed by atoms with Gasteiger partial charge in [0.15, 0.2) is 0 Å². The first-order valence-electron chi connectivity index (χ1n) is 7.68. The largest absolute Gasteiger partial charge is 0.311 e. The number of nitrogens with one attached hydrogen (secondary N) is 1. The first kappa shape index (κ1) is 15.9. The molecule has 0 saturated carbocycles. The van der Waals surface area contributed by atoms with Crippen molar-refractivity contribution in [3.63, 3.8) is 0 Å². The first-order chi connectivity index (χ1) is 9.24. The molecule has 1 aliphatic rings. The number of rotatable bonds is 3. The van der Waals surface area contributed by atoms with E-state index in [4.69, 9.17) is 4.98 Å². The molecular formula is C16H29N3S. The standard InChI is InChI=1S/C16H29N3S/c1-7-16(6)11-17-12(2)8-19(16)9-14-18-13(10-20-14)15(3,4)5/h10,12,17H,7-9,11H2,1-6H3. The SMILES string of the molecule is CCC1(C)CNC(C)CN1Cc1nc(C(C)(C)C)cs1. The monoisotopic (exact) mass is 295 g/mol. The normalized spacial score (nSPS) is 28.8. The van der Waals surface area contributed by atoms with Crippen LogP contribution in [0.25, 0.3) is 0 Å². The van der Waals surface area contributed by atoms with E-state index in [9.17, 15) is 0 Å². The summed E-state index contributed by atoms with van der Waals surface area (Å²) in [6.45, 7) is 16.8. The summed E-state index contributed by atoms with van der Waals surface area (Å²) >= 11 is 1.81. The van der Waals surface area contributed by atoms with E-state index in [-0.39, 0.29) is 11.0 Å². The molecule has 20 heavy (non-hydrogen) atoms. The van der Waals surface area contributed by atoms with Gasteiger partial charge >= 0.3 is 0 Å². The number of aromatic nitrogens is 1. The van der Waals surface area contributed by atoms with Crippen LogP contribution in [0.5, 0.6) is 0 Å². The van der Waals surface area contributed by atoms with Gasteiger partial charge in [-0.25, -0.2) is 4.98 Å². The van der Waals surface area contributed by atoms with Crippen molar-refractivity contribution < 1.29 is 0 Å². The van der Waals surface area contributed by atoms with Gasteiger partial charge in [0.2, 0.25) is 0 Å². The van der Waals surface area contributed by atoms with Crippen LogP contribution in [0.3, 0.4) is 0 Å². The molecule has 4 heteroatoms. The lowest BCUT2D eigenvalue weighted by Gasteiger charge is -2.47. The maximum atomic E-state index is 4.86. The molecule has 1 fully saturated rings. The Hall–Kier alpha value is -0.450.